The number of alkyl halides is 2. The summed E-state index contributed by atoms with van der Waals surface area (Å²) >= 11 is 1.53. The number of amides is 1. The van der Waals surface area contributed by atoms with E-state index in [-0.39, 0.29) is 22.5 Å². The number of carbonyl (C=O) groups excluding carboxylic acids is 1. The van der Waals surface area contributed by atoms with Crippen LogP contribution in [0.2, 0.25) is 0 Å². The number of fused-ring (bicyclic) bond motifs is 2. The van der Waals surface area contributed by atoms with Crippen LogP contribution in [0.3, 0.4) is 0 Å². The van der Waals surface area contributed by atoms with Gasteiger partial charge in [0.1, 0.15) is 11.5 Å². The van der Waals surface area contributed by atoms with Gasteiger partial charge in [-0.3, -0.25) is 4.79 Å². The number of halogens is 3. The van der Waals surface area contributed by atoms with E-state index in [1.54, 1.807) is 4.90 Å². The fourth-order valence-electron chi connectivity index (χ4n) is 4.27. The molecule has 3 aromatic rings. The summed E-state index contributed by atoms with van der Waals surface area (Å²) in [6, 6.07) is 3.34. The van der Waals surface area contributed by atoms with E-state index in [2.05, 4.69) is 15.3 Å². The number of benzene rings is 1. The molecule has 1 aromatic carbocycles. The van der Waals surface area contributed by atoms with Crippen molar-refractivity contribution in [2.45, 2.75) is 32.2 Å². The van der Waals surface area contributed by atoms with Crippen molar-refractivity contribution in [1.29, 1.82) is 0 Å². The molecule has 1 unspecified atom stereocenters. The number of rotatable bonds is 5. The van der Waals surface area contributed by atoms with Crippen molar-refractivity contribution in [3.8, 4) is 0 Å². The van der Waals surface area contributed by atoms with Crippen molar-refractivity contribution in [3.05, 3.63) is 45.8 Å². The monoisotopic (exact) mass is 464 g/mol. The second-order valence-electron chi connectivity index (χ2n) is 8.46. The predicted octanol–water partition coefficient (Wildman–Crippen LogP) is 4.52. The number of hydrogen-bond donors (Lipinski definition) is 2. The van der Waals surface area contributed by atoms with Gasteiger partial charge in [-0.1, -0.05) is 11.3 Å². The molecule has 170 valence electrons. The van der Waals surface area contributed by atoms with Crippen molar-refractivity contribution < 1.29 is 22.7 Å². The fraction of sp³-hybridized carbons (Fsp3) is 0.455. The first kappa shape index (κ1) is 21.3. The summed E-state index contributed by atoms with van der Waals surface area (Å²) in [6.45, 7) is 3.98. The number of carbonyl (C=O) groups is 1. The normalized spacial score (nSPS) is 18.9. The Morgan fingerprint density at radius 3 is 3.00 bits per heavy atom. The highest BCUT2D eigenvalue weighted by Crippen LogP contribution is 2.35. The molecule has 0 spiro atoms. The predicted molar refractivity (Wildman–Crippen MR) is 116 cm³/mol. The largest absolute Gasteiger partial charge is 0.381 e. The van der Waals surface area contributed by atoms with E-state index in [1.165, 1.54) is 17.4 Å². The molecule has 32 heavy (non-hydrogen) atoms. The number of aromatic amines is 1. The molecule has 4 heterocycles. The maximum Gasteiger partial charge on any atom is 0.271 e. The van der Waals surface area contributed by atoms with Crippen LogP contribution < -0.4 is 5.32 Å². The number of H-pyrrole nitrogens is 1. The highest BCUT2D eigenvalue weighted by atomic mass is 32.1. The van der Waals surface area contributed by atoms with Crippen LogP contribution in [0.4, 0.5) is 18.3 Å². The lowest BCUT2D eigenvalue weighted by Gasteiger charge is -2.25. The number of ether oxygens (including phenoxy) is 1. The van der Waals surface area contributed by atoms with Crippen LogP contribution in [-0.4, -0.2) is 47.1 Å². The quantitative estimate of drug-likeness (QED) is 0.583. The molecule has 0 bridgehead atoms. The minimum atomic E-state index is -3.22. The van der Waals surface area contributed by atoms with Crippen molar-refractivity contribution in [2.24, 2.45) is 5.92 Å². The zero-order valence-electron chi connectivity index (χ0n) is 17.5. The molecule has 0 radical (unpaired) electrons. The topological polar surface area (TPSA) is 70.2 Å². The Bertz CT molecular complexity index is 1160. The van der Waals surface area contributed by atoms with E-state index in [0.29, 0.717) is 25.4 Å². The van der Waals surface area contributed by atoms with Crippen LogP contribution in [0, 0.1) is 11.7 Å². The van der Waals surface area contributed by atoms with E-state index in [4.69, 9.17) is 4.74 Å². The lowest BCUT2D eigenvalue weighted by Crippen LogP contribution is -2.35. The summed E-state index contributed by atoms with van der Waals surface area (Å²) in [7, 11) is 0. The Hall–Kier alpha value is -2.59. The molecule has 5 rings (SSSR count). The Morgan fingerprint density at radius 1 is 1.41 bits per heavy atom. The molecule has 1 saturated heterocycles. The first-order chi connectivity index (χ1) is 15.3. The molecule has 2 aliphatic rings. The van der Waals surface area contributed by atoms with Crippen molar-refractivity contribution in [1.82, 2.24) is 14.9 Å². The first-order valence-electron chi connectivity index (χ1n) is 10.6. The Kier molecular flexibility index (Phi) is 5.37. The molecule has 0 aliphatic carbocycles. The van der Waals surface area contributed by atoms with E-state index in [0.717, 1.165) is 60.9 Å². The second kappa shape index (κ2) is 8.08. The number of nitrogens with one attached hydrogen (secondary N) is 2. The van der Waals surface area contributed by atoms with Gasteiger partial charge in [0.05, 0.1) is 18.8 Å². The molecule has 2 aromatic heterocycles. The minimum Gasteiger partial charge on any atom is -0.381 e. The summed E-state index contributed by atoms with van der Waals surface area (Å²) in [5.41, 5.74) is 0.900. The first-order valence-corrected chi connectivity index (χ1v) is 11.4. The van der Waals surface area contributed by atoms with Crippen LogP contribution in [0.1, 0.15) is 40.0 Å². The minimum absolute atomic E-state index is 0.153. The molecule has 1 amide bonds. The number of hydrogen-bond acceptors (Lipinski definition) is 5. The van der Waals surface area contributed by atoms with Gasteiger partial charge in [0.2, 0.25) is 0 Å². The molecule has 2 N–H and O–H groups in total. The maximum absolute atomic E-state index is 14.0. The van der Waals surface area contributed by atoms with Crippen LogP contribution in [-0.2, 0) is 23.6 Å². The third kappa shape index (κ3) is 4.09. The second-order valence-corrected chi connectivity index (χ2v) is 9.55. The molecular weight excluding hydrogens is 441 g/mol. The smallest absolute Gasteiger partial charge is 0.271 e. The summed E-state index contributed by atoms with van der Waals surface area (Å²) in [6.07, 6.45) is 1.67. The third-order valence-corrected chi connectivity index (χ3v) is 7.03. The number of aromatic nitrogens is 2. The molecule has 10 heteroatoms. The molecule has 1 atom stereocenters. The van der Waals surface area contributed by atoms with Gasteiger partial charge in [0.25, 0.3) is 11.8 Å². The number of thiazole rings is 1. The van der Waals surface area contributed by atoms with E-state index in [1.807, 2.05) is 0 Å². The maximum atomic E-state index is 14.0. The molecule has 0 saturated carbocycles. The van der Waals surface area contributed by atoms with Crippen LogP contribution in [0.15, 0.2) is 18.2 Å². The molecule has 6 nitrogen and oxygen atoms in total. The zero-order valence-corrected chi connectivity index (χ0v) is 18.3. The third-order valence-electron chi connectivity index (χ3n) is 5.99. The SMILES string of the molecule is CC(F)(F)c1cc(F)cc2[nH]c(C(=O)N3CCc4nc(NCC5CCOC5)sc4C3)cc12. The van der Waals surface area contributed by atoms with Gasteiger partial charge in [-0.05, 0) is 24.6 Å². The lowest BCUT2D eigenvalue weighted by molar-refractivity contribution is 0.0188. The van der Waals surface area contributed by atoms with Gasteiger partial charge in [-0.15, -0.1) is 0 Å². The number of anilines is 1. The average Bonchev–Trinajstić information content (AvgIpc) is 3.48. The van der Waals surface area contributed by atoms with Gasteiger partial charge in [-0.25, -0.2) is 18.2 Å². The van der Waals surface area contributed by atoms with Gasteiger partial charge in [-0.2, -0.15) is 0 Å². The molecular formula is C22H23F3N4O2S. The summed E-state index contributed by atoms with van der Waals surface area (Å²) in [5, 5.41) is 4.37. The average molecular weight is 465 g/mol. The highest BCUT2D eigenvalue weighted by molar-refractivity contribution is 7.15. The van der Waals surface area contributed by atoms with Crippen LogP contribution in [0.25, 0.3) is 10.9 Å². The Labute approximate surface area is 186 Å². The molecule has 1 fully saturated rings. The number of nitrogens with zero attached hydrogens (tertiary/aromatic N) is 2. The summed E-state index contributed by atoms with van der Waals surface area (Å²) in [5.74, 6) is -3.81. The standard InChI is InChI=1S/C22H23F3N4O2S/c1-22(24,25)15-6-13(23)7-17-14(15)8-18(27-17)20(30)29-4-2-16-19(10-29)32-21(28-16)26-9-12-3-5-31-11-12/h6-8,12,27H,2-5,9-11H2,1H3,(H,26,28). The Balaban J connectivity index is 1.33. The van der Waals surface area contributed by atoms with Crippen LogP contribution in [0.5, 0.6) is 0 Å². The van der Waals surface area contributed by atoms with Crippen molar-refractivity contribution >= 4 is 33.3 Å². The van der Waals surface area contributed by atoms with E-state index in [9.17, 15) is 18.0 Å². The summed E-state index contributed by atoms with van der Waals surface area (Å²) in [4.78, 5) is 23.3. The van der Waals surface area contributed by atoms with Gasteiger partial charge < -0.3 is 19.9 Å². The van der Waals surface area contributed by atoms with Gasteiger partial charge >= 0.3 is 0 Å². The van der Waals surface area contributed by atoms with E-state index >= 15 is 0 Å². The fourth-order valence-corrected chi connectivity index (χ4v) is 5.30. The highest BCUT2D eigenvalue weighted by Gasteiger charge is 2.30. The van der Waals surface area contributed by atoms with Crippen molar-refractivity contribution in [2.75, 3.05) is 31.6 Å². The van der Waals surface area contributed by atoms with Crippen LogP contribution >= 0.6 is 11.3 Å². The molecule has 2 aliphatic heterocycles. The zero-order chi connectivity index (χ0) is 22.5. The van der Waals surface area contributed by atoms with Gasteiger partial charge in [0, 0.05) is 60.3 Å². The van der Waals surface area contributed by atoms with Crippen molar-refractivity contribution in [3.63, 3.8) is 0 Å². The Morgan fingerprint density at radius 2 is 2.25 bits per heavy atom. The summed E-state index contributed by atoms with van der Waals surface area (Å²) < 4.78 is 47.2. The van der Waals surface area contributed by atoms with E-state index < -0.39 is 17.3 Å². The van der Waals surface area contributed by atoms with Gasteiger partial charge in [0.15, 0.2) is 5.13 Å². The lowest BCUT2D eigenvalue weighted by atomic mass is 10.0.